The molecule has 0 saturated carbocycles. The molecule has 0 bridgehead atoms. The molecule has 1 aromatic carbocycles. The van der Waals surface area contributed by atoms with Crippen LogP contribution in [0.25, 0.3) is 0 Å². The zero-order valence-electron chi connectivity index (χ0n) is 11.3. The van der Waals surface area contributed by atoms with E-state index < -0.39 is 6.04 Å². The first-order valence-corrected chi connectivity index (χ1v) is 6.19. The first-order chi connectivity index (χ1) is 8.52. The number of rotatable bonds is 6. The summed E-state index contributed by atoms with van der Waals surface area (Å²) in [6.07, 6.45) is 0.703. The fraction of sp³-hybridized carbons (Fsp3) is 0.500. The van der Waals surface area contributed by atoms with Crippen LogP contribution in [0.4, 0.5) is 0 Å². The van der Waals surface area contributed by atoms with Crippen LogP contribution in [0.5, 0.6) is 5.75 Å². The summed E-state index contributed by atoms with van der Waals surface area (Å²) in [5.74, 6) is 1.13. The first-order valence-electron chi connectivity index (χ1n) is 6.19. The number of amides is 1. The van der Waals surface area contributed by atoms with Crippen LogP contribution < -0.4 is 15.8 Å². The number of nitrogens with one attached hydrogen (secondary N) is 1. The van der Waals surface area contributed by atoms with Crippen molar-refractivity contribution in [2.24, 2.45) is 11.7 Å². The summed E-state index contributed by atoms with van der Waals surface area (Å²) < 4.78 is 5.07. The van der Waals surface area contributed by atoms with E-state index in [9.17, 15) is 4.79 Å². The van der Waals surface area contributed by atoms with Crippen molar-refractivity contribution in [2.45, 2.75) is 32.9 Å². The molecular formula is C14H22N2O2. The Labute approximate surface area is 109 Å². The number of methoxy groups -OCH3 is 1. The zero-order chi connectivity index (χ0) is 13.5. The number of hydrogen-bond donors (Lipinski definition) is 2. The third-order valence-corrected chi connectivity index (χ3v) is 2.69. The molecule has 0 saturated heterocycles. The second kappa shape index (κ2) is 7.01. The van der Waals surface area contributed by atoms with Crippen LogP contribution in [-0.4, -0.2) is 19.1 Å². The minimum atomic E-state index is -0.428. The van der Waals surface area contributed by atoms with Gasteiger partial charge in [0.1, 0.15) is 5.75 Å². The van der Waals surface area contributed by atoms with E-state index >= 15 is 0 Å². The largest absolute Gasteiger partial charge is 0.497 e. The van der Waals surface area contributed by atoms with Crippen molar-refractivity contribution in [3.05, 3.63) is 29.8 Å². The minimum Gasteiger partial charge on any atom is -0.497 e. The Balaban J connectivity index is 2.41. The van der Waals surface area contributed by atoms with E-state index in [0.717, 1.165) is 11.3 Å². The van der Waals surface area contributed by atoms with Crippen LogP contribution in [0, 0.1) is 5.92 Å². The molecule has 3 N–H and O–H groups in total. The van der Waals surface area contributed by atoms with Crippen molar-refractivity contribution < 1.29 is 9.53 Å². The molecule has 0 aliphatic rings. The molecule has 1 amide bonds. The topological polar surface area (TPSA) is 64.3 Å². The lowest BCUT2D eigenvalue weighted by molar-refractivity contribution is -0.122. The predicted octanol–water partition coefficient (Wildman–Crippen LogP) is 1.68. The van der Waals surface area contributed by atoms with Gasteiger partial charge >= 0.3 is 0 Å². The van der Waals surface area contributed by atoms with E-state index in [1.807, 2.05) is 24.3 Å². The highest BCUT2D eigenvalue weighted by Gasteiger charge is 2.14. The van der Waals surface area contributed by atoms with Crippen molar-refractivity contribution in [3.8, 4) is 5.75 Å². The van der Waals surface area contributed by atoms with E-state index in [4.69, 9.17) is 10.5 Å². The van der Waals surface area contributed by atoms with Gasteiger partial charge in [0.15, 0.2) is 0 Å². The van der Waals surface area contributed by atoms with Crippen molar-refractivity contribution in [1.29, 1.82) is 0 Å². The first kappa shape index (κ1) is 14.5. The smallest absolute Gasteiger partial charge is 0.237 e. The van der Waals surface area contributed by atoms with Crippen LogP contribution in [-0.2, 0) is 11.3 Å². The quantitative estimate of drug-likeness (QED) is 0.807. The van der Waals surface area contributed by atoms with Gasteiger partial charge in [-0.3, -0.25) is 4.79 Å². The summed E-state index contributed by atoms with van der Waals surface area (Å²) in [4.78, 5) is 11.7. The lowest BCUT2D eigenvalue weighted by Crippen LogP contribution is -2.40. The van der Waals surface area contributed by atoms with Crippen molar-refractivity contribution in [2.75, 3.05) is 7.11 Å². The van der Waals surface area contributed by atoms with Crippen molar-refractivity contribution >= 4 is 5.91 Å². The van der Waals surface area contributed by atoms with E-state index in [1.165, 1.54) is 0 Å². The maximum atomic E-state index is 11.7. The monoisotopic (exact) mass is 250 g/mol. The Morgan fingerprint density at radius 3 is 2.44 bits per heavy atom. The van der Waals surface area contributed by atoms with Crippen LogP contribution in [0.1, 0.15) is 25.8 Å². The number of ether oxygens (including phenoxy) is 1. The molecule has 0 aromatic heterocycles. The maximum Gasteiger partial charge on any atom is 0.237 e. The van der Waals surface area contributed by atoms with Gasteiger partial charge < -0.3 is 15.8 Å². The molecule has 0 fully saturated rings. The molecule has 0 heterocycles. The van der Waals surface area contributed by atoms with Gasteiger partial charge in [0.05, 0.1) is 13.2 Å². The standard InChI is InChI=1S/C14H22N2O2/c1-10(2)8-13(15)14(17)16-9-11-4-6-12(18-3)7-5-11/h4-7,10,13H,8-9,15H2,1-3H3,(H,16,17)/t13-/m1/s1. The second-order valence-corrected chi connectivity index (χ2v) is 4.80. The summed E-state index contributed by atoms with van der Waals surface area (Å²) in [7, 11) is 1.63. The molecule has 1 atom stereocenters. The minimum absolute atomic E-state index is 0.0977. The Kier molecular flexibility index (Phi) is 5.65. The van der Waals surface area contributed by atoms with Crippen LogP contribution in [0.3, 0.4) is 0 Å². The summed E-state index contributed by atoms with van der Waals surface area (Å²) in [5.41, 5.74) is 6.82. The Hall–Kier alpha value is -1.55. The van der Waals surface area contributed by atoms with Crippen LogP contribution >= 0.6 is 0 Å². The third-order valence-electron chi connectivity index (χ3n) is 2.69. The summed E-state index contributed by atoms with van der Waals surface area (Å²) in [6.45, 7) is 4.60. The Bertz CT molecular complexity index is 374. The summed E-state index contributed by atoms with van der Waals surface area (Å²) in [5, 5.41) is 2.84. The predicted molar refractivity (Wildman–Crippen MR) is 72.3 cm³/mol. The van der Waals surface area contributed by atoms with Crippen molar-refractivity contribution in [3.63, 3.8) is 0 Å². The van der Waals surface area contributed by atoms with Crippen molar-refractivity contribution in [1.82, 2.24) is 5.32 Å². The fourth-order valence-electron chi connectivity index (χ4n) is 1.68. The van der Waals surface area contributed by atoms with E-state index in [-0.39, 0.29) is 5.91 Å². The van der Waals surface area contributed by atoms with E-state index in [1.54, 1.807) is 7.11 Å². The molecule has 0 spiro atoms. The van der Waals surface area contributed by atoms with Gasteiger partial charge in [-0.25, -0.2) is 0 Å². The zero-order valence-corrected chi connectivity index (χ0v) is 11.3. The lowest BCUT2D eigenvalue weighted by atomic mass is 10.0. The van der Waals surface area contributed by atoms with Gasteiger partial charge in [-0.1, -0.05) is 26.0 Å². The number of benzene rings is 1. The molecule has 4 heteroatoms. The molecule has 1 aromatic rings. The summed E-state index contributed by atoms with van der Waals surface area (Å²) in [6, 6.07) is 7.16. The normalized spacial score (nSPS) is 12.3. The molecule has 0 aliphatic heterocycles. The highest BCUT2D eigenvalue weighted by molar-refractivity contribution is 5.81. The second-order valence-electron chi connectivity index (χ2n) is 4.80. The molecule has 0 unspecified atom stereocenters. The number of carbonyl (C=O) groups is 1. The molecule has 100 valence electrons. The molecule has 0 aliphatic carbocycles. The van der Waals surface area contributed by atoms with Gasteiger partial charge in [0.2, 0.25) is 5.91 Å². The van der Waals surface area contributed by atoms with E-state index in [2.05, 4.69) is 19.2 Å². The summed E-state index contributed by atoms with van der Waals surface area (Å²) >= 11 is 0. The van der Waals surface area contributed by atoms with Gasteiger partial charge in [-0.15, -0.1) is 0 Å². The number of carbonyl (C=O) groups excluding carboxylic acids is 1. The average Bonchev–Trinajstić information content (AvgIpc) is 2.35. The fourth-order valence-corrected chi connectivity index (χ4v) is 1.68. The number of nitrogens with two attached hydrogens (primary N) is 1. The van der Waals surface area contributed by atoms with Gasteiger partial charge in [-0.2, -0.15) is 0 Å². The van der Waals surface area contributed by atoms with Gasteiger partial charge in [0.25, 0.3) is 0 Å². The molecule has 1 rings (SSSR count). The lowest BCUT2D eigenvalue weighted by Gasteiger charge is -2.14. The highest BCUT2D eigenvalue weighted by atomic mass is 16.5. The molecule has 4 nitrogen and oxygen atoms in total. The molecular weight excluding hydrogens is 228 g/mol. The van der Waals surface area contributed by atoms with Crippen LogP contribution in [0.2, 0.25) is 0 Å². The number of hydrogen-bond acceptors (Lipinski definition) is 3. The SMILES string of the molecule is COc1ccc(CNC(=O)[C@H](N)CC(C)C)cc1. The van der Waals surface area contributed by atoms with E-state index in [0.29, 0.717) is 18.9 Å². The maximum absolute atomic E-state index is 11.7. The molecule has 18 heavy (non-hydrogen) atoms. The highest BCUT2D eigenvalue weighted by Crippen LogP contribution is 2.11. The third kappa shape index (κ3) is 4.75. The Morgan fingerprint density at radius 2 is 1.94 bits per heavy atom. The average molecular weight is 250 g/mol. The molecule has 0 radical (unpaired) electrons. The van der Waals surface area contributed by atoms with Gasteiger partial charge in [-0.05, 0) is 30.0 Å². The van der Waals surface area contributed by atoms with Crippen LogP contribution in [0.15, 0.2) is 24.3 Å². The van der Waals surface area contributed by atoms with Gasteiger partial charge in [0, 0.05) is 6.54 Å². The Morgan fingerprint density at radius 1 is 1.33 bits per heavy atom.